The number of para-hydroxylation sites is 1. The lowest BCUT2D eigenvalue weighted by Crippen LogP contribution is -2.36. The van der Waals surface area contributed by atoms with Crippen LogP contribution in [0.25, 0.3) is 6.08 Å². The van der Waals surface area contributed by atoms with Gasteiger partial charge in [0.25, 0.3) is 5.91 Å². The molecule has 0 saturated heterocycles. The number of hydrogen-bond donors (Lipinski definition) is 2. The average Bonchev–Trinajstić information content (AvgIpc) is 2.77. The van der Waals surface area contributed by atoms with Gasteiger partial charge >= 0.3 is 0 Å². The van der Waals surface area contributed by atoms with E-state index in [0.717, 1.165) is 10.0 Å². The van der Waals surface area contributed by atoms with Crippen molar-refractivity contribution in [3.8, 4) is 0 Å². The highest BCUT2D eigenvalue weighted by Gasteiger charge is 2.46. The van der Waals surface area contributed by atoms with E-state index in [4.69, 9.17) is 0 Å². The standard InChI is InChI=1S/C18H14BrNO3/c19-13-5-3-4-12(10-13)8-9-14(21)11-18(23)15-6-1-2-7-16(15)20-17(18)22/h1-10,23H,11H2,(H,20,22)/b9-8+. The van der Waals surface area contributed by atoms with E-state index >= 15 is 0 Å². The molecule has 2 aromatic carbocycles. The van der Waals surface area contributed by atoms with Crippen LogP contribution in [-0.4, -0.2) is 16.8 Å². The Labute approximate surface area is 142 Å². The van der Waals surface area contributed by atoms with Crippen LogP contribution in [0, 0.1) is 0 Å². The van der Waals surface area contributed by atoms with Gasteiger partial charge in [-0.1, -0.05) is 52.3 Å². The SMILES string of the molecule is O=C(/C=C/c1cccc(Br)c1)CC1(O)C(=O)Nc2ccccc21. The normalized spacial score (nSPS) is 19.7. The second-order valence-corrected chi connectivity index (χ2v) is 6.31. The predicted octanol–water partition coefficient (Wildman–Crippen LogP) is 3.26. The summed E-state index contributed by atoms with van der Waals surface area (Å²) in [6.45, 7) is 0. The molecule has 0 radical (unpaired) electrons. The quantitative estimate of drug-likeness (QED) is 0.810. The molecule has 2 N–H and O–H groups in total. The van der Waals surface area contributed by atoms with Crippen LogP contribution in [0.4, 0.5) is 5.69 Å². The van der Waals surface area contributed by atoms with Gasteiger partial charge in [-0.15, -0.1) is 0 Å². The molecule has 23 heavy (non-hydrogen) atoms. The average molecular weight is 372 g/mol. The van der Waals surface area contributed by atoms with Crippen molar-refractivity contribution >= 4 is 39.4 Å². The molecule has 1 amide bonds. The Hall–Kier alpha value is -2.24. The maximum atomic E-state index is 12.2. The monoisotopic (exact) mass is 371 g/mol. The van der Waals surface area contributed by atoms with Gasteiger partial charge in [-0.2, -0.15) is 0 Å². The Morgan fingerprint density at radius 2 is 2.00 bits per heavy atom. The predicted molar refractivity (Wildman–Crippen MR) is 91.8 cm³/mol. The molecule has 1 aliphatic rings. The number of halogens is 1. The lowest BCUT2D eigenvalue weighted by atomic mass is 9.90. The summed E-state index contributed by atoms with van der Waals surface area (Å²) < 4.78 is 0.912. The van der Waals surface area contributed by atoms with Crippen molar-refractivity contribution in [2.75, 3.05) is 5.32 Å². The molecule has 1 heterocycles. The van der Waals surface area contributed by atoms with Gasteiger partial charge in [0.1, 0.15) is 0 Å². The van der Waals surface area contributed by atoms with E-state index in [1.54, 1.807) is 30.3 Å². The number of nitrogens with one attached hydrogen (secondary N) is 1. The molecule has 0 spiro atoms. The largest absolute Gasteiger partial charge is 0.375 e. The lowest BCUT2D eigenvalue weighted by molar-refractivity contribution is -0.138. The summed E-state index contributed by atoms with van der Waals surface area (Å²) in [5, 5.41) is 13.3. The number of carbonyl (C=O) groups is 2. The summed E-state index contributed by atoms with van der Waals surface area (Å²) in [6.07, 6.45) is 2.75. The maximum Gasteiger partial charge on any atom is 0.261 e. The van der Waals surface area contributed by atoms with Crippen LogP contribution in [0.3, 0.4) is 0 Å². The zero-order valence-corrected chi connectivity index (χ0v) is 13.7. The molecule has 1 aliphatic heterocycles. The molecule has 0 fully saturated rings. The van der Waals surface area contributed by atoms with Crippen LogP contribution in [0.1, 0.15) is 17.5 Å². The number of aliphatic hydroxyl groups is 1. The summed E-state index contributed by atoms with van der Waals surface area (Å²) in [6, 6.07) is 14.3. The van der Waals surface area contributed by atoms with E-state index in [9.17, 15) is 14.7 Å². The second kappa shape index (κ2) is 6.10. The highest BCUT2D eigenvalue weighted by molar-refractivity contribution is 9.10. The third-order valence-electron chi connectivity index (χ3n) is 3.74. The first-order valence-electron chi connectivity index (χ1n) is 7.09. The Morgan fingerprint density at radius 3 is 2.78 bits per heavy atom. The van der Waals surface area contributed by atoms with Crippen molar-refractivity contribution in [2.45, 2.75) is 12.0 Å². The number of hydrogen-bond acceptors (Lipinski definition) is 3. The summed E-state index contributed by atoms with van der Waals surface area (Å²) in [5.41, 5.74) is 0.0314. The first-order valence-corrected chi connectivity index (χ1v) is 7.88. The molecule has 1 unspecified atom stereocenters. The van der Waals surface area contributed by atoms with E-state index < -0.39 is 11.5 Å². The van der Waals surface area contributed by atoms with Crippen molar-refractivity contribution in [1.82, 2.24) is 0 Å². The van der Waals surface area contributed by atoms with Crippen LogP contribution in [0.15, 0.2) is 59.1 Å². The van der Waals surface area contributed by atoms with Crippen molar-refractivity contribution in [3.05, 3.63) is 70.2 Å². The number of fused-ring (bicyclic) bond motifs is 1. The van der Waals surface area contributed by atoms with E-state index in [1.165, 1.54) is 6.08 Å². The molecule has 1 atom stereocenters. The minimum Gasteiger partial charge on any atom is -0.375 e. The molecule has 5 heteroatoms. The third kappa shape index (κ3) is 3.11. The summed E-state index contributed by atoms with van der Waals surface area (Å²) in [7, 11) is 0. The van der Waals surface area contributed by atoms with Gasteiger partial charge in [0.05, 0.1) is 6.42 Å². The fraction of sp³-hybridized carbons (Fsp3) is 0.111. The number of rotatable bonds is 4. The number of ketones is 1. The van der Waals surface area contributed by atoms with Crippen molar-refractivity contribution in [3.63, 3.8) is 0 Å². The van der Waals surface area contributed by atoms with Gasteiger partial charge in [-0.05, 0) is 29.8 Å². The third-order valence-corrected chi connectivity index (χ3v) is 4.23. The molecule has 4 nitrogen and oxygen atoms in total. The fourth-order valence-corrected chi connectivity index (χ4v) is 3.00. The highest BCUT2D eigenvalue weighted by atomic mass is 79.9. The molecule has 2 aromatic rings. The van der Waals surface area contributed by atoms with E-state index in [0.29, 0.717) is 11.3 Å². The minimum absolute atomic E-state index is 0.291. The highest BCUT2D eigenvalue weighted by Crippen LogP contribution is 2.38. The van der Waals surface area contributed by atoms with E-state index in [-0.39, 0.29) is 12.2 Å². The van der Waals surface area contributed by atoms with Gasteiger partial charge in [-0.25, -0.2) is 0 Å². The van der Waals surface area contributed by atoms with Crippen molar-refractivity contribution < 1.29 is 14.7 Å². The van der Waals surface area contributed by atoms with Crippen LogP contribution < -0.4 is 5.32 Å². The van der Waals surface area contributed by atoms with Crippen LogP contribution in [0.5, 0.6) is 0 Å². The molecule has 0 aliphatic carbocycles. The minimum atomic E-state index is -1.81. The molecule has 0 bridgehead atoms. The van der Waals surface area contributed by atoms with Crippen LogP contribution in [-0.2, 0) is 15.2 Å². The smallest absolute Gasteiger partial charge is 0.261 e. The molecular formula is C18H14BrNO3. The van der Waals surface area contributed by atoms with Gasteiger partial charge in [-0.3, -0.25) is 9.59 Å². The first kappa shape index (κ1) is 15.6. The topological polar surface area (TPSA) is 66.4 Å². The van der Waals surface area contributed by atoms with Gasteiger partial charge < -0.3 is 10.4 Å². The number of amides is 1. The molecule has 0 saturated carbocycles. The molecular weight excluding hydrogens is 358 g/mol. The van der Waals surface area contributed by atoms with Crippen LogP contribution in [0.2, 0.25) is 0 Å². The first-order chi connectivity index (χ1) is 11.0. The maximum absolute atomic E-state index is 12.2. The Morgan fingerprint density at radius 1 is 1.22 bits per heavy atom. The zero-order chi connectivity index (χ0) is 16.4. The fourth-order valence-electron chi connectivity index (χ4n) is 2.59. The Balaban J connectivity index is 1.79. The Bertz CT molecular complexity index is 815. The summed E-state index contributed by atoms with van der Waals surface area (Å²) in [5.74, 6) is -0.887. The van der Waals surface area contributed by atoms with Crippen LogP contribution >= 0.6 is 15.9 Å². The van der Waals surface area contributed by atoms with Crippen molar-refractivity contribution in [1.29, 1.82) is 0 Å². The van der Waals surface area contributed by atoms with Gasteiger partial charge in [0, 0.05) is 15.7 Å². The molecule has 116 valence electrons. The number of carbonyl (C=O) groups excluding carboxylic acids is 2. The molecule has 0 aromatic heterocycles. The molecule has 3 rings (SSSR count). The summed E-state index contributed by atoms with van der Waals surface area (Å²) >= 11 is 3.36. The number of allylic oxidation sites excluding steroid dienone is 1. The van der Waals surface area contributed by atoms with Gasteiger partial charge in [0.2, 0.25) is 0 Å². The zero-order valence-electron chi connectivity index (χ0n) is 12.1. The number of benzene rings is 2. The number of anilines is 1. The summed E-state index contributed by atoms with van der Waals surface area (Å²) in [4.78, 5) is 24.2. The van der Waals surface area contributed by atoms with Crippen molar-refractivity contribution in [2.24, 2.45) is 0 Å². The Kier molecular flexibility index (Phi) is 4.15. The van der Waals surface area contributed by atoms with E-state index in [1.807, 2.05) is 24.3 Å². The second-order valence-electron chi connectivity index (χ2n) is 5.39. The van der Waals surface area contributed by atoms with Gasteiger partial charge in [0.15, 0.2) is 11.4 Å². The van der Waals surface area contributed by atoms with E-state index in [2.05, 4.69) is 21.2 Å². The lowest BCUT2D eigenvalue weighted by Gasteiger charge is -2.18.